The van der Waals surface area contributed by atoms with Gasteiger partial charge >= 0.3 is 0 Å². The highest BCUT2D eigenvalue weighted by Gasteiger charge is 2.12. The lowest BCUT2D eigenvalue weighted by atomic mass is 10.1. The van der Waals surface area contributed by atoms with E-state index in [9.17, 15) is 0 Å². The lowest BCUT2D eigenvalue weighted by Crippen LogP contribution is -2.20. The molecule has 17 heavy (non-hydrogen) atoms. The minimum atomic E-state index is 0.959. The molecule has 96 valence electrons. The van der Waals surface area contributed by atoms with Crippen molar-refractivity contribution in [3.05, 3.63) is 11.9 Å². The van der Waals surface area contributed by atoms with Crippen LogP contribution in [0.3, 0.4) is 0 Å². The van der Waals surface area contributed by atoms with Crippen LogP contribution in [-0.2, 0) is 6.42 Å². The molecule has 1 rings (SSSR count). The van der Waals surface area contributed by atoms with Crippen LogP contribution in [0, 0.1) is 0 Å². The van der Waals surface area contributed by atoms with E-state index < -0.39 is 0 Å². The molecule has 1 heterocycles. The van der Waals surface area contributed by atoms with Crippen molar-refractivity contribution in [1.29, 1.82) is 0 Å². The minimum absolute atomic E-state index is 0.959. The first-order chi connectivity index (χ1) is 8.24. The van der Waals surface area contributed by atoms with E-state index in [4.69, 9.17) is 0 Å². The van der Waals surface area contributed by atoms with Gasteiger partial charge in [0.25, 0.3) is 0 Å². The molecule has 0 unspecified atom stereocenters. The van der Waals surface area contributed by atoms with Gasteiger partial charge < -0.3 is 10.2 Å². The topological polar surface area (TPSA) is 41.1 Å². The molecule has 0 aromatic carbocycles. The third-order valence-electron chi connectivity index (χ3n) is 2.80. The molecule has 4 nitrogen and oxygen atoms in total. The molecule has 0 bridgehead atoms. The van der Waals surface area contributed by atoms with Crippen LogP contribution in [0.5, 0.6) is 0 Å². The highest BCUT2D eigenvalue weighted by atomic mass is 15.2. The predicted octanol–water partition coefficient (Wildman–Crippen LogP) is 2.71. The highest BCUT2D eigenvalue weighted by molar-refractivity contribution is 5.58. The van der Waals surface area contributed by atoms with Crippen molar-refractivity contribution in [1.82, 2.24) is 9.97 Å². The summed E-state index contributed by atoms with van der Waals surface area (Å²) in [7, 11) is 2.07. The van der Waals surface area contributed by atoms with Gasteiger partial charge in [0, 0.05) is 25.7 Å². The van der Waals surface area contributed by atoms with Crippen LogP contribution in [-0.4, -0.2) is 30.1 Å². The summed E-state index contributed by atoms with van der Waals surface area (Å²) in [5.74, 6) is 2.06. The Bertz CT molecular complexity index is 338. The molecule has 0 atom stereocenters. The van der Waals surface area contributed by atoms with Crippen molar-refractivity contribution in [3.63, 3.8) is 0 Å². The van der Waals surface area contributed by atoms with E-state index in [1.54, 1.807) is 6.33 Å². The van der Waals surface area contributed by atoms with Gasteiger partial charge in [0.05, 0.1) is 0 Å². The second-order valence-corrected chi connectivity index (χ2v) is 4.22. The molecular weight excluding hydrogens is 212 g/mol. The zero-order chi connectivity index (χ0) is 12.7. The van der Waals surface area contributed by atoms with Gasteiger partial charge in [-0.2, -0.15) is 0 Å². The average Bonchev–Trinajstić information content (AvgIpc) is 2.36. The summed E-state index contributed by atoms with van der Waals surface area (Å²) in [6, 6.07) is 0. The van der Waals surface area contributed by atoms with Gasteiger partial charge in [-0.25, -0.2) is 9.97 Å². The Balaban J connectivity index is 3.02. The second kappa shape index (κ2) is 7.09. The summed E-state index contributed by atoms with van der Waals surface area (Å²) >= 11 is 0. The van der Waals surface area contributed by atoms with Gasteiger partial charge in [0.1, 0.15) is 18.0 Å². The number of hydrogen-bond acceptors (Lipinski definition) is 4. The summed E-state index contributed by atoms with van der Waals surface area (Å²) in [6.07, 6.45) is 4.89. The molecule has 1 N–H and O–H groups in total. The smallest absolute Gasteiger partial charge is 0.137 e. The zero-order valence-electron chi connectivity index (χ0n) is 11.5. The normalized spacial score (nSPS) is 10.4. The second-order valence-electron chi connectivity index (χ2n) is 4.22. The highest BCUT2D eigenvalue weighted by Crippen LogP contribution is 2.23. The van der Waals surface area contributed by atoms with E-state index in [2.05, 4.69) is 48.0 Å². The van der Waals surface area contributed by atoms with Crippen LogP contribution in [0.25, 0.3) is 0 Å². The van der Waals surface area contributed by atoms with Gasteiger partial charge in [-0.1, -0.05) is 20.3 Å². The maximum Gasteiger partial charge on any atom is 0.137 e. The Morgan fingerprint density at radius 3 is 2.53 bits per heavy atom. The van der Waals surface area contributed by atoms with Gasteiger partial charge in [0.15, 0.2) is 0 Å². The molecule has 0 aliphatic rings. The lowest BCUT2D eigenvalue weighted by molar-refractivity contribution is 0.854. The number of aromatic nitrogens is 2. The summed E-state index contributed by atoms with van der Waals surface area (Å²) in [5.41, 5.74) is 1.24. The van der Waals surface area contributed by atoms with E-state index in [0.29, 0.717) is 0 Å². The molecule has 4 heteroatoms. The Kier molecular flexibility index (Phi) is 5.73. The number of anilines is 2. The minimum Gasteiger partial charge on any atom is -0.370 e. The van der Waals surface area contributed by atoms with Crippen LogP contribution in [0.1, 0.15) is 39.2 Å². The van der Waals surface area contributed by atoms with Crippen LogP contribution in [0.2, 0.25) is 0 Å². The molecule has 0 radical (unpaired) electrons. The van der Waals surface area contributed by atoms with Crippen molar-refractivity contribution in [2.24, 2.45) is 0 Å². The maximum atomic E-state index is 4.41. The molecule has 0 saturated carbocycles. The molecule has 0 aliphatic carbocycles. The number of rotatable bonds is 7. The first-order valence-electron chi connectivity index (χ1n) is 6.53. The Morgan fingerprint density at radius 2 is 1.94 bits per heavy atom. The fourth-order valence-electron chi connectivity index (χ4n) is 1.76. The first-order valence-corrected chi connectivity index (χ1v) is 6.53. The number of nitrogens with one attached hydrogen (secondary N) is 1. The van der Waals surface area contributed by atoms with Crippen LogP contribution < -0.4 is 10.2 Å². The van der Waals surface area contributed by atoms with Gasteiger partial charge in [-0.3, -0.25) is 0 Å². The molecule has 0 aliphatic heterocycles. The Morgan fingerprint density at radius 1 is 1.18 bits per heavy atom. The standard InChI is InChI=1S/C13H24N4/c1-5-8-11-12(14-9-6-2)15-10-16-13(11)17(4)7-3/h10H,5-9H2,1-4H3,(H,14,15,16). The van der Waals surface area contributed by atoms with Crippen molar-refractivity contribution >= 4 is 11.6 Å². The monoisotopic (exact) mass is 236 g/mol. The molecule has 1 aromatic heterocycles. The number of nitrogens with zero attached hydrogens (tertiary/aromatic N) is 3. The van der Waals surface area contributed by atoms with E-state index in [1.807, 2.05) is 0 Å². The van der Waals surface area contributed by atoms with Crippen LogP contribution >= 0.6 is 0 Å². The van der Waals surface area contributed by atoms with E-state index >= 15 is 0 Å². The maximum absolute atomic E-state index is 4.41. The third kappa shape index (κ3) is 3.58. The predicted molar refractivity (Wildman–Crippen MR) is 73.8 cm³/mol. The molecular formula is C13H24N4. The fraction of sp³-hybridized carbons (Fsp3) is 0.692. The van der Waals surface area contributed by atoms with Crippen molar-refractivity contribution < 1.29 is 0 Å². The van der Waals surface area contributed by atoms with Gasteiger partial charge in [0.2, 0.25) is 0 Å². The molecule has 0 spiro atoms. The Labute approximate surface area is 104 Å². The summed E-state index contributed by atoms with van der Waals surface area (Å²) < 4.78 is 0. The third-order valence-corrected chi connectivity index (χ3v) is 2.80. The van der Waals surface area contributed by atoms with Crippen molar-refractivity contribution in [2.45, 2.75) is 40.0 Å². The summed E-state index contributed by atoms with van der Waals surface area (Å²) in [5, 5.41) is 3.39. The van der Waals surface area contributed by atoms with Gasteiger partial charge in [-0.05, 0) is 19.8 Å². The van der Waals surface area contributed by atoms with E-state index in [-0.39, 0.29) is 0 Å². The zero-order valence-corrected chi connectivity index (χ0v) is 11.5. The largest absolute Gasteiger partial charge is 0.370 e. The van der Waals surface area contributed by atoms with Crippen LogP contribution in [0.4, 0.5) is 11.6 Å². The number of hydrogen-bond donors (Lipinski definition) is 1. The molecule has 0 saturated heterocycles. The molecule has 0 fully saturated rings. The quantitative estimate of drug-likeness (QED) is 0.790. The fourth-order valence-corrected chi connectivity index (χ4v) is 1.76. The molecule has 1 aromatic rings. The average molecular weight is 236 g/mol. The van der Waals surface area contributed by atoms with E-state index in [1.165, 1.54) is 5.56 Å². The van der Waals surface area contributed by atoms with E-state index in [0.717, 1.165) is 44.0 Å². The summed E-state index contributed by atoms with van der Waals surface area (Å²) in [4.78, 5) is 10.9. The molecule has 0 amide bonds. The summed E-state index contributed by atoms with van der Waals surface area (Å²) in [6.45, 7) is 8.40. The Hall–Kier alpha value is -1.32. The van der Waals surface area contributed by atoms with Crippen LogP contribution in [0.15, 0.2) is 6.33 Å². The van der Waals surface area contributed by atoms with Gasteiger partial charge in [-0.15, -0.1) is 0 Å². The van der Waals surface area contributed by atoms with Crippen molar-refractivity contribution in [2.75, 3.05) is 30.4 Å². The lowest BCUT2D eigenvalue weighted by Gasteiger charge is -2.21. The SMILES string of the molecule is CCCNc1ncnc(N(C)CC)c1CCC. The van der Waals surface area contributed by atoms with Crippen molar-refractivity contribution in [3.8, 4) is 0 Å². The first kappa shape index (κ1) is 13.7.